The Hall–Kier alpha value is -1.17. The van der Waals surface area contributed by atoms with Gasteiger partial charge in [0.15, 0.2) is 5.96 Å². The number of hydrogen-bond acceptors (Lipinski definition) is 6. The van der Waals surface area contributed by atoms with Crippen molar-refractivity contribution in [2.45, 2.75) is 19.5 Å². The maximum Gasteiger partial charge on any atom is 0.194 e. The molecule has 0 fully saturated rings. The molecule has 0 amide bonds. The predicted octanol–water partition coefficient (Wildman–Crippen LogP) is 0.318. The molecular weight excluding hydrogens is 198 g/mol. The molecule has 0 spiro atoms. The van der Waals surface area contributed by atoms with E-state index in [9.17, 15) is 0 Å². The molecule has 1 N–H and O–H groups in total. The van der Waals surface area contributed by atoms with E-state index in [1.165, 1.54) is 11.5 Å². The fourth-order valence-corrected chi connectivity index (χ4v) is 1.88. The predicted molar refractivity (Wildman–Crippen MR) is 56.3 cm³/mol. The Labute approximate surface area is 87.0 Å². The molecule has 5 nitrogen and oxygen atoms in total. The lowest BCUT2D eigenvalue weighted by atomic mass is 10.4. The van der Waals surface area contributed by atoms with E-state index in [-0.39, 0.29) is 0 Å². The highest BCUT2D eigenvalue weighted by Crippen LogP contribution is 2.07. The molecule has 76 valence electrons. The summed E-state index contributed by atoms with van der Waals surface area (Å²) in [7, 11) is 2.02. The lowest BCUT2D eigenvalue weighted by Crippen LogP contribution is -2.38. The maximum absolute atomic E-state index is 4.39. The molecule has 0 aromatic carbocycles. The number of rotatable bonds is 2. The minimum atomic E-state index is 0.451. The van der Waals surface area contributed by atoms with E-state index in [2.05, 4.69) is 31.7 Å². The third-order valence-corrected chi connectivity index (χ3v) is 2.70. The zero-order valence-electron chi connectivity index (χ0n) is 8.27. The van der Waals surface area contributed by atoms with Gasteiger partial charge in [0.2, 0.25) is 0 Å². The topological polar surface area (TPSA) is 53.4 Å². The van der Waals surface area contributed by atoms with E-state index in [1.54, 1.807) is 6.20 Å². The molecule has 14 heavy (non-hydrogen) atoms. The molecule has 0 saturated carbocycles. The van der Waals surface area contributed by atoms with Gasteiger partial charge in [-0.1, -0.05) is 4.49 Å². The van der Waals surface area contributed by atoms with Crippen LogP contribution < -0.4 is 5.32 Å². The summed E-state index contributed by atoms with van der Waals surface area (Å²) in [6.07, 6.45) is 1.79. The van der Waals surface area contributed by atoms with E-state index in [0.717, 1.165) is 23.9 Å². The highest BCUT2D eigenvalue weighted by molar-refractivity contribution is 7.05. The van der Waals surface area contributed by atoms with Crippen LogP contribution in [0.2, 0.25) is 0 Å². The molecule has 1 aromatic rings. The first-order valence-electron chi connectivity index (χ1n) is 4.54. The SMILES string of the molecule is CC1CN=C(N(C)Cc2cnns2)N1. The lowest BCUT2D eigenvalue weighted by molar-refractivity contribution is 0.485. The van der Waals surface area contributed by atoms with Gasteiger partial charge in [-0.3, -0.25) is 4.99 Å². The first kappa shape index (κ1) is 9.39. The van der Waals surface area contributed by atoms with E-state index in [4.69, 9.17) is 0 Å². The summed E-state index contributed by atoms with van der Waals surface area (Å²) in [5.74, 6) is 0.964. The van der Waals surface area contributed by atoms with Gasteiger partial charge in [0.1, 0.15) is 0 Å². The molecule has 2 rings (SSSR count). The summed E-state index contributed by atoms with van der Waals surface area (Å²) in [5.41, 5.74) is 0. The summed E-state index contributed by atoms with van der Waals surface area (Å²) in [4.78, 5) is 7.62. The summed E-state index contributed by atoms with van der Waals surface area (Å²) in [5, 5.41) is 7.10. The average Bonchev–Trinajstić information content (AvgIpc) is 2.75. The molecule has 0 radical (unpaired) electrons. The van der Waals surface area contributed by atoms with Crippen LogP contribution in [0.4, 0.5) is 0 Å². The molecule has 1 atom stereocenters. The van der Waals surface area contributed by atoms with Gasteiger partial charge in [-0.2, -0.15) is 0 Å². The van der Waals surface area contributed by atoms with Crippen LogP contribution in [0.3, 0.4) is 0 Å². The third kappa shape index (κ3) is 2.01. The zero-order chi connectivity index (χ0) is 9.97. The second kappa shape index (κ2) is 3.91. The van der Waals surface area contributed by atoms with Crippen LogP contribution >= 0.6 is 11.5 Å². The molecule has 0 bridgehead atoms. The number of nitrogens with one attached hydrogen (secondary N) is 1. The second-order valence-corrected chi connectivity index (χ2v) is 4.32. The van der Waals surface area contributed by atoms with Crippen LogP contribution in [-0.2, 0) is 6.54 Å². The van der Waals surface area contributed by atoms with Crippen LogP contribution in [0.25, 0.3) is 0 Å². The molecule has 1 aliphatic heterocycles. The fourth-order valence-electron chi connectivity index (χ4n) is 1.33. The van der Waals surface area contributed by atoms with E-state index in [0.29, 0.717) is 6.04 Å². The van der Waals surface area contributed by atoms with Gasteiger partial charge in [0.05, 0.1) is 24.2 Å². The number of guanidine groups is 1. The van der Waals surface area contributed by atoms with Gasteiger partial charge in [-0.25, -0.2) is 0 Å². The van der Waals surface area contributed by atoms with Crippen molar-refractivity contribution in [1.82, 2.24) is 19.8 Å². The molecule has 1 aliphatic rings. The highest BCUT2D eigenvalue weighted by Gasteiger charge is 2.16. The lowest BCUT2D eigenvalue weighted by Gasteiger charge is -2.18. The highest BCUT2D eigenvalue weighted by atomic mass is 32.1. The number of aliphatic imine (C=N–C) groups is 1. The van der Waals surface area contributed by atoms with Gasteiger partial charge in [0, 0.05) is 13.1 Å². The van der Waals surface area contributed by atoms with Crippen molar-refractivity contribution >= 4 is 17.5 Å². The molecule has 2 heterocycles. The summed E-state index contributed by atoms with van der Waals surface area (Å²) >= 11 is 1.43. The average molecular weight is 211 g/mol. The quantitative estimate of drug-likeness (QED) is 0.765. The first-order valence-corrected chi connectivity index (χ1v) is 5.31. The normalized spacial score (nSPS) is 20.4. The molecule has 0 saturated heterocycles. The van der Waals surface area contributed by atoms with Gasteiger partial charge in [-0.05, 0) is 18.5 Å². The molecule has 1 unspecified atom stereocenters. The van der Waals surface area contributed by atoms with Crippen molar-refractivity contribution in [3.8, 4) is 0 Å². The van der Waals surface area contributed by atoms with Crippen molar-refractivity contribution in [1.29, 1.82) is 0 Å². The van der Waals surface area contributed by atoms with Crippen molar-refractivity contribution in [2.24, 2.45) is 4.99 Å². The molecule has 6 heteroatoms. The van der Waals surface area contributed by atoms with Gasteiger partial charge in [-0.15, -0.1) is 5.10 Å². The Morgan fingerprint density at radius 3 is 3.14 bits per heavy atom. The minimum absolute atomic E-state index is 0.451. The molecule has 0 aliphatic carbocycles. The second-order valence-electron chi connectivity index (χ2n) is 3.45. The Morgan fingerprint density at radius 1 is 1.71 bits per heavy atom. The Morgan fingerprint density at radius 2 is 2.57 bits per heavy atom. The smallest absolute Gasteiger partial charge is 0.194 e. The van der Waals surface area contributed by atoms with E-state index >= 15 is 0 Å². The Balaban J connectivity index is 1.93. The zero-order valence-corrected chi connectivity index (χ0v) is 9.08. The number of hydrogen-bond donors (Lipinski definition) is 1. The Bertz CT molecular complexity index is 320. The molecule has 1 aromatic heterocycles. The number of nitrogens with zero attached hydrogens (tertiary/aromatic N) is 4. The molecular formula is C8H13N5S. The van der Waals surface area contributed by atoms with Crippen LogP contribution in [0.15, 0.2) is 11.2 Å². The van der Waals surface area contributed by atoms with E-state index < -0.39 is 0 Å². The fraction of sp³-hybridized carbons (Fsp3) is 0.625. The van der Waals surface area contributed by atoms with Gasteiger partial charge in [0.25, 0.3) is 0 Å². The van der Waals surface area contributed by atoms with Crippen molar-refractivity contribution in [3.63, 3.8) is 0 Å². The largest absolute Gasteiger partial charge is 0.352 e. The summed E-state index contributed by atoms with van der Waals surface area (Å²) < 4.78 is 3.82. The Kier molecular flexibility index (Phi) is 2.62. The van der Waals surface area contributed by atoms with Crippen molar-refractivity contribution < 1.29 is 0 Å². The standard InChI is InChI=1S/C8H13N5S/c1-6-3-9-8(11-6)13(2)5-7-4-10-12-14-7/h4,6H,3,5H2,1-2H3,(H,9,11). The van der Waals surface area contributed by atoms with Crippen LogP contribution in [0, 0.1) is 0 Å². The first-order chi connectivity index (χ1) is 6.75. The third-order valence-electron chi connectivity index (χ3n) is 2.05. The van der Waals surface area contributed by atoms with Crippen LogP contribution in [0.5, 0.6) is 0 Å². The van der Waals surface area contributed by atoms with Crippen molar-refractivity contribution in [2.75, 3.05) is 13.6 Å². The van der Waals surface area contributed by atoms with Crippen LogP contribution in [-0.4, -0.2) is 40.1 Å². The monoisotopic (exact) mass is 211 g/mol. The number of aromatic nitrogens is 2. The van der Waals surface area contributed by atoms with Crippen LogP contribution in [0.1, 0.15) is 11.8 Å². The maximum atomic E-state index is 4.39. The van der Waals surface area contributed by atoms with E-state index in [1.807, 2.05) is 7.05 Å². The van der Waals surface area contributed by atoms with Gasteiger partial charge < -0.3 is 10.2 Å². The van der Waals surface area contributed by atoms with Crippen molar-refractivity contribution in [3.05, 3.63) is 11.1 Å². The van der Waals surface area contributed by atoms with Gasteiger partial charge >= 0.3 is 0 Å². The summed E-state index contributed by atoms with van der Waals surface area (Å²) in [6, 6.07) is 0.451. The summed E-state index contributed by atoms with van der Waals surface area (Å²) in [6.45, 7) is 3.80. The minimum Gasteiger partial charge on any atom is -0.352 e.